The van der Waals surface area contributed by atoms with Crippen LogP contribution in [0, 0.1) is 103 Å². The van der Waals surface area contributed by atoms with Crippen molar-refractivity contribution in [2.24, 2.45) is 35.5 Å². The fourth-order valence-electron chi connectivity index (χ4n) is 4.56. The summed E-state index contributed by atoms with van der Waals surface area (Å²) in [5.41, 5.74) is -0.760. The van der Waals surface area contributed by atoms with Crippen molar-refractivity contribution in [3.05, 3.63) is 58.3 Å². The lowest BCUT2D eigenvalue weighted by Crippen LogP contribution is -2.45. The first-order valence-corrected chi connectivity index (χ1v) is 8.78. The van der Waals surface area contributed by atoms with Gasteiger partial charge < -0.3 is 0 Å². The second kappa shape index (κ2) is 7.86. The Kier molecular flexibility index (Phi) is 5.30. The van der Waals surface area contributed by atoms with Crippen molar-refractivity contribution in [3.63, 3.8) is 0 Å². The molecule has 0 radical (unpaired) electrons. The van der Waals surface area contributed by atoms with Crippen molar-refractivity contribution < 1.29 is 8.78 Å². The van der Waals surface area contributed by atoms with Gasteiger partial charge in [-0.2, -0.15) is 31.6 Å². The van der Waals surface area contributed by atoms with Gasteiger partial charge in [-0.25, -0.2) is 8.78 Å². The molecule has 0 aliphatic heterocycles. The van der Waals surface area contributed by atoms with Crippen LogP contribution in [0.5, 0.6) is 0 Å². The molecule has 0 aromatic heterocycles. The fraction of sp³-hybridized carbons (Fsp3) is 0.273. The Morgan fingerprint density at radius 1 is 0.733 bits per heavy atom. The molecule has 0 N–H and O–H groups in total. The Labute approximate surface area is 171 Å². The van der Waals surface area contributed by atoms with Crippen LogP contribution in [0.3, 0.4) is 0 Å². The van der Waals surface area contributed by atoms with E-state index in [2.05, 4.69) is 0 Å². The standard InChI is InChI=1S/C22H10F2N6/c23-19-3-17-15(1-11(19)5-25)21(13(7-27)8-28)16-2-12(6-26)20(24)4-18(16)22(17)14(9-29)10-30/h1-4,13,15-18,21H. The molecule has 0 aromatic rings. The summed E-state index contributed by atoms with van der Waals surface area (Å²) in [6.45, 7) is 0. The van der Waals surface area contributed by atoms with Gasteiger partial charge in [0.1, 0.15) is 47.4 Å². The lowest BCUT2D eigenvalue weighted by Gasteiger charge is -2.48. The number of halogens is 2. The topological polar surface area (TPSA) is 143 Å². The molecule has 6 nitrogen and oxygen atoms in total. The van der Waals surface area contributed by atoms with Crippen LogP contribution in [-0.2, 0) is 0 Å². The van der Waals surface area contributed by atoms with E-state index in [0.717, 1.165) is 12.2 Å². The molecule has 3 rings (SSSR count). The van der Waals surface area contributed by atoms with Crippen molar-refractivity contribution >= 4 is 0 Å². The van der Waals surface area contributed by atoms with Crippen LogP contribution >= 0.6 is 0 Å². The number of hydrogen-bond acceptors (Lipinski definition) is 6. The van der Waals surface area contributed by atoms with Crippen LogP contribution in [-0.4, -0.2) is 0 Å². The molecule has 3 aliphatic rings. The molecule has 4 unspecified atom stereocenters. The molecular weight excluding hydrogens is 386 g/mol. The van der Waals surface area contributed by atoms with E-state index in [9.17, 15) is 40.4 Å². The Balaban J connectivity index is 2.37. The van der Waals surface area contributed by atoms with E-state index in [4.69, 9.17) is 0 Å². The predicted molar refractivity (Wildman–Crippen MR) is 96.2 cm³/mol. The van der Waals surface area contributed by atoms with E-state index in [-0.39, 0.29) is 22.3 Å². The summed E-state index contributed by atoms with van der Waals surface area (Å²) >= 11 is 0. The maximum atomic E-state index is 14.5. The van der Waals surface area contributed by atoms with Crippen LogP contribution in [0.1, 0.15) is 0 Å². The maximum absolute atomic E-state index is 14.5. The Hall–Kier alpha value is -4.50. The Morgan fingerprint density at radius 2 is 1.17 bits per heavy atom. The van der Waals surface area contributed by atoms with Gasteiger partial charge in [-0.15, -0.1) is 0 Å². The highest BCUT2D eigenvalue weighted by Gasteiger charge is 2.51. The van der Waals surface area contributed by atoms with Crippen LogP contribution in [0.15, 0.2) is 58.3 Å². The molecule has 142 valence electrons. The Bertz CT molecular complexity index is 1130. The van der Waals surface area contributed by atoms with Gasteiger partial charge in [-0.3, -0.25) is 0 Å². The van der Waals surface area contributed by atoms with Gasteiger partial charge in [-0.1, -0.05) is 12.2 Å². The summed E-state index contributed by atoms with van der Waals surface area (Å²) in [4.78, 5) is 0. The normalized spacial score (nSPS) is 28.8. The lowest BCUT2D eigenvalue weighted by atomic mass is 9.53. The first-order valence-electron chi connectivity index (χ1n) is 8.78. The van der Waals surface area contributed by atoms with Crippen LogP contribution in [0.25, 0.3) is 0 Å². The molecule has 0 saturated heterocycles. The third-order valence-electron chi connectivity index (χ3n) is 5.74. The summed E-state index contributed by atoms with van der Waals surface area (Å²) < 4.78 is 29.0. The minimum Gasteiger partial charge on any atom is -0.206 e. The van der Waals surface area contributed by atoms with Crippen LogP contribution in [0.2, 0.25) is 0 Å². The molecule has 0 heterocycles. The summed E-state index contributed by atoms with van der Waals surface area (Å²) in [5, 5.41) is 56.5. The fourth-order valence-corrected chi connectivity index (χ4v) is 4.56. The molecule has 4 atom stereocenters. The lowest BCUT2D eigenvalue weighted by molar-refractivity contribution is 0.161. The molecular formula is C22H10F2N6. The van der Waals surface area contributed by atoms with Crippen molar-refractivity contribution in [1.82, 2.24) is 0 Å². The smallest absolute Gasteiger partial charge is 0.137 e. The monoisotopic (exact) mass is 396 g/mol. The second-order valence-electron chi connectivity index (χ2n) is 6.99. The van der Waals surface area contributed by atoms with Gasteiger partial charge in [0.05, 0.1) is 23.3 Å². The van der Waals surface area contributed by atoms with Crippen molar-refractivity contribution in [1.29, 1.82) is 31.6 Å². The van der Waals surface area contributed by atoms with Gasteiger partial charge >= 0.3 is 0 Å². The minimum atomic E-state index is -1.21. The first-order chi connectivity index (χ1) is 14.4. The summed E-state index contributed by atoms with van der Waals surface area (Å²) in [7, 11) is 0. The minimum absolute atomic E-state index is 0.146. The van der Waals surface area contributed by atoms with Crippen LogP contribution in [0.4, 0.5) is 8.78 Å². The average Bonchev–Trinajstić information content (AvgIpc) is 2.75. The van der Waals surface area contributed by atoms with Gasteiger partial charge in [0.15, 0.2) is 0 Å². The molecule has 1 fully saturated rings. The van der Waals surface area contributed by atoms with Gasteiger partial charge in [0.25, 0.3) is 0 Å². The SMILES string of the molecule is N#CC1=CC2C(C=C1F)C(=C(C#N)C#N)C1C=C(F)C(C#N)=CC1C2C(C#N)C#N. The molecule has 0 amide bonds. The predicted octanol–water partition coefficient (Wildman–Crippen LogP) is 3.72. The summed E-state index contributed by atoms with van der Waals surface area (Å²) in [6.07, 6.45) is 4.75. The molecule has 1 saturated carbocycles. The van der Waals surface area contributed by atoms with E-state index < -0.39 is 47.2 Å². The average molecular weight is 396 g/mol. The highest BCUT2D eigenvalue weighted by molar-refractivity contribution is 5.54. The number of nitriles is 6. The molecule has 3 aliphatic carbocycles. The highest BCUT2D eigenvalue weighted by Crippen LogP contribution is 2.55. The third-order valence-corrected chi connectivity index (χ3v) is 5.74. The van der Waals surface area contributed by atoms with Crippen LogP contribution < -0.4 is 0 Å². The number of fused-ring (bicyclic) bond motifs is 2. The number of allylic oxidation sites excluding steroid dienone is 10. The van der Waals surface area contributed by atoms with E-state index >= 15 is 0 Å². The zero-order valence-corrected chi connectivity index (χ0v) is 15.2. The summed E-state index contributed by atoms with van der Waals surface area (Å²) in [6, 6.07) is 10.7. The zero-order chi connectivity index (χ0) is 22.0. The van der Waals surface area contributed by atoms with Crippen molar-refractivity contribution in [2.45, 2.75) is 0 Å². The van der Waals surface area contributed by atoms with E-state index in [1.165, 1.54) is 12.2 Å². The molecule has 0 spiro atoms. The van der Waals surface area contributed by atoms with E-state index in [1.807, 2.05) is 12.1 Å². The first kappa shape index (κ1) is 20.2. The van der Waals surface area contributed by atoms with Gasteiger partial charge in [-0.05, 0) is 29.6 Å². The van der Waals surface area contributed by atoms with Gasteiger partial charge in [0.2, 0.25) is 0 Å². The number of rotatable bonds is 1. The van der Waals surface area contributed by atoms with Crippen molar-refractivity contribution in [3.8, 4) is 36.4 Å². The zero-order valence-electron chi connectivity index (χ0n) is 15.2. The number of hydrogen-bond donors (Lipinski definition) is 0. The Morgan fingerprint density at radius 3 is 1.50 bits per heavy atom. The van der Waals surface area contributed by atoms with E-state index in [1.54, 1.807) is 24.3 Å². The third kappa shape index (κ3) is 2.95. The largest absolute Gasteiger partial charge is 0.206 e. The molecule has 0 bridgehead atoms. The highest BCUT2D eigenvalue weighted by atomic mass is 19.1. The molecule has 0 aromatic carbocycles. The number of nitrogens with zero attached hydrogens (tertiary/aromatic N) is 6. The molecule has 30 heavy (non-hydrogen) atoms. The quantitative estimate of drug-likeness (QED) is 0.618. The van der Waals surface area contributed by atoms with E-state index in [0.29, 0.717) is 0 Å². The second-order valence-corrected chi connectivity index (χ2v) is 6.99. The maximum Gasteiger partial charge on any atom is 0.137 e. The molecule has 8 heteroatoms. The summed E-state index contributed by atoms with van der Waals surface area (Å²) in [5.74, 6) is -7.15. The van der Waals surface area contributed by atoms with Crippen molar-refractivity contribution in [2.75, 3.05) is 0 Å². The van der Waals surface area contributed by atoms with Gasteiger partial charge in [0, 0.05) is 17.8 Å².